The standard InChI is InChI=1S/C6H9NS3/c1-4-7-5(8-1)2-10-6(7)3-9-4/h4-6H,1-3H2/t4-,5-,6-/m1/s1. The molecule has 0 amide bonds. The van der Waals surface area contributed by atoms with Crippen LogP contribution in [0.5, 0.6) is 0 Å². The predicted molar refractivity (Wildman–Crippen MR) is 50.6 cm³/mol. The Bertz CT molecular complexity index is 123. The van der Waals surface area contributed by atoms with Gasteiger partial charge >= 0.3 is 0 Å². The summed E-state index contributed by atoms with van der Waals surface area (Å²) in [5, 5.41) is 2.65. The molecule has 4 heteroatoms. The van der Waals surface area contributed by atoms with Crippen molar-refractivity contribution >= 4 is 35.3 Å². The number of rotatable bonds is 0. The Balaban J connectivity index is 1.94. The summed E-state index contributed by atoms with van der Waals surface area (Å²) in [6, 6.07) is 0. The topological polar surface area (TPSA) is 3.24 Å². The summed E-state index contributed by atoms with van der Waals surface area (Å²) < 4.78 is 0. The Morgan fingerprint density at radius 2 is 1.20 bits per heavy atom. The minimum absolute atomic E-state index is 0.884. The van der Waals surface area contributed by atoms with Gasteiger partial charge in [-0.2, -0.15) is 0 Å². The van der Waals surface area contributed by atoms with E-state index in [4.69, 9.17) is 0 Å². The van der Waals surface area contributed by atoms with E-state index in [0.29, 0.717) is 0 Å². The summed E-state index contributed by atoms with van der Waals surface area (Å²) in [6.45, 7) is 0. The van der Waals surface area contributed by atoms with Crippen LogP contribution in [0.25, 0.3) is 0 Å². The molecule has 0 aliphatic carbocycles. The van der Waals surface area contributed by atoms with Crippen molar-refractivity contribution in [3.05, 3.63) is 0 Å². The minimum Gasteiger partial charge on any atom is -0.265 e. The molecule has 3 rings (SSSR count). The van der Waals surface area contributed by atoms with Gasteiger partial charge in [-0.1, -0.05) is 0 Å². The molecular weight excluding hydrogens is 182 g/mol. The molecule has 10 heavy (non-hydrogen) atoms. The molecule has 0 N–H and O–H groups in total. The Hall–Kier alpha value is 1.01. The molecule has 0 bridgehead atoms. The molecule has 0 unspecified atom stereocenters. The average Bonchev–Trinajstić information content (AvgIpc) is 2.56. The molecule has 0 radical (unpaired) electrons. The molecule has 0 aromatic heterocycles. The van der Waals surface area contributed by atoms with E-state index in [9.17, 15) is 0 Å². The van der Waals surface area contributed by atoms with E-state index in [1.54, 1.807) is 0 Å². The van der Waals surface area contributed by atoms with Gasteiger partial charge < -0.3 is 0 Å². The third-order valence-electron chi connectivity index (χ3n) is 2.29. The minimum atomic E-state index is 0.884. The van der Waals surface area contributed by atoms with Crippen LogP contribution in [0.3, 0.4) is 0 Å². The van der Waals surface area contributed by atoms with E-state index in [-0.39, 0.29) is 0 Å². The molecule has 3 aliphatic heterocycles. The molecule has 3 saturated heterocycles. The second-order valence-corrected chi connectivity index (χ2v) is 6.44. The molecule has 0 spiro atoms. The van der Waals surface area contributed by atoms with Crippen LogP contribution < -0.4 is 0 Å². The van der Waals surface area contributed by atoms with Gasteiger partial charge in [-0.15, -0.1) is 35.3 Å². The number of nitrogens with zero attached hydrogens (tertiary/aromatic N) is 1. The van der Waals surface area contributed by atoms with Crippen molar-refractivity contribution in [1.82, 2.24) is 4.90 Å². The number of hydrogen-bond donors (Lipinski definition) is 0. The largest absolute Gasteiger partial charge is 0.265 e. The lowest BCUT2D eigenvalue weighted by molar-refractivity contribution is 0.311. The molecule has 0 aromatic rings. The highest BCUT2D eigenvalue weighted by Gasteiger charge is 2.48. The maximum atomic E-state index is 2.72. The first kappa shape index (κ1) is 6.52. The average molecular weight is 191 g/mol. The first-order chi connectivity index (χ1) is 4.95. The summed E-state index contributed by atoms with van der Waals surface area (Å²) in [6.07, 6.45) is 0. The monoisotopic (exact) mass is 191 g/mol. The van der Waals surface area contributed by atoms with Crippen molar-refractivity contribution in [2.45, 2.75) is 16.1 Å². The molecule has 1 nitrogen and oxygen atoms in total. The van der Waals surface area contributed by atoms with Crippen molar-refractivity contribution in [3.63, 3.8) is 0 Å². The maximum Gasteiger partial charge on any atom is 0.0670 e. The highest BCUT2D eigenvalue weighted by atomic mass is 32.2. The zero-order chi connectivity index (χ0) is 6.55. The van der Waals surface area contributed by atoms with Crippen LogP contribution in [-0.2, 0) is 0 Å². The Kier molecular flexibility index (Phi) is 1.47. The fourth-order valence-electron chi connectivity index (χ4n) is 1.80. The van der Waals surface area contributed by atoms with Gasteiger partial charge in [0.1, 0.15) is 0 Å². The normalized spacial score (nSPS) is 52.2. The first-order valence-corrected chi connectivity index (χ1v) is 6.72. The van der Waals surface area contributed by atoms with Crippen molar-refractivity contribution in [2.24, 2.45) is 0 Å². The van der Waals surface area contributed by atoms with E-state index < -0.39 is 0 Å². The van der Waals surface area contributed by atoms with Crippen LogP contribution in [0.2, 0.25) is 0 Å². The second kappa shape index (κ2) is 2.25. The van der Waals surface area contributed by atoms with Crippen molar-refractivity contribution in [3.8, 4) is 0 Å². The van der Waals surface area contributed by atoms with Crippen molar-refractivity contribution in [2.75, 3.05) is 17.3 Å². The van der Waals surface area contributed by atoms with Crippen LogP contribution in [0.1, 0.15) is 0 Å². The lowest BCUT2D eigenvalue weighted by atomic mass is 10.5. The third kappa shape index (κ3) is 0.737. The molecule has 3 aliphatic rings. The van der Waals surface area contributed by atoms with Gasteiger partial charge in [-0.3, -0.25) is 4.90 Å². The van der Waals surface area contributed by atoms with Crippen LogP contribution in [0.4, 0.5) is 0 Å². The van der Waals surface area contributed by atoms with Crippen LogP contribution >= 0.6 is 35.3 Å². The molecule has 0 aromatic carbocycles. The van der Waals surface area contributed by atoms with Crippen molar-refractivity contribution < 1.29 is 0 Å². The van der Waals surface area contributed by atoms with Crippen LogP contribution in [0, 0.1) is 0 Å². The molecule has 3 heterocycles. The zero-order valence-corrected chi connectivity index (χ0v) is 7.97. The van der Waals surface area contributed by atoms with Crippen LogP contribution in [0.15, 0.2) is 0 Å². The smallest absolute Gasteiger partial charge is 0.0670 e. The number of hydrogen-bond acceptors (Lipinski definition) is 4. The SMILES string of the molecule is C1S[C@@H]2CS[C@@H]3CS[C@H]1N32. The number of thioether (sulfide) groups is 3. The fraction of sp³-hybridized carbons (Fsp3) is 1.00. The van der Waals surface area contributed by atoms with E-state index in [2.05, 4.69) is 40.2 Å². The van der Waals surface area contributed by atoms with E-state index in [0.717, 1.165) is 16.1 Å². The molecular formula is C6H9NS3. The van der Waals surface area contributed by atoms with Gasteiger partial charge in [0.15, 0.2) is 0 Å². The maximum absolute atomic E-state index is 2.72. The lowest BCUT2D eigenvalue weighted by Gasteiger charge is -2.16. The Morgan fingerprint density at radius 3 is 1.60 bits per heavy atom. The van der Waals surface area contributed by atoms with Gasteiger partial charge in [0.05, 0.1) is 16.1 Å². The summed E-state index contributed by atoms with van der Waals surface area (Å²) in [5.74, 6) is 4.14. The third-order valence-corrected chi connectivity index (χ3v) is 6.83. The van der Waals surface area contributed by atoms with Gasteiger partial charge in [0.2, 0.25) is 0 Å². The van der Waals surface area contributed by atoms with Crippen LogP contribution in [-0.4, -0.2) is 38.3 Å². The fourth-order valence-corrected chi connectivity index (χ4v) is 6.96. The van der Waals surface area contributed by atoms with Gasteiger partial charge in [-0.05, 0) is 0 Å². The van der Waals surface area contributed by atoms with E-state index >= 15 is 0 Å². The van der Waals surface area contributed by atoms with E-state index in [1.807, 2.05) is 0 Å². The van der Waals surface area contributed by atoms with Gasteiger partial charge in [0, 0.05) is 17.3 Å². The quantitative estimate of drug-likeness (QED) is 0.570. The second-order valence-electron chi connectivity index (χ2n) is 2.81. The Labute approximate surface area is 73.7 Å². The predicted octanol–water partition coefficient (Wildman–Crippen LogP) is 1.51. The zero-order valence-electron chi connectivity index (χ0n) is 5.53. The van der Waals surface area contributed by atoms with Crippen molar-refractivity contribution in [1.29, 1.82) is 0 Å². The molecule has 3 atom stereocenters. The lowest BCUT2D eigenvalue weighted by Crippen LogP contribution is -2.30. The molecule has 3 fully saturated rings. The summed E-state index contributed by atoms with van der Waals surface area (Å²) in [5.41, 5.74) is 0. The van der Waals surface area contributed by atoms with Gasteiger partial charge in [0.25, 0.3) is 0 Å². The highest BCUT2D eigenvalue weighted by molar-refractivity contribution is 8.08. The Morgan fingerprint density at radius 1 is 0.800 bits per heavy atom. The summed E-state index contributed by atoms with van der Waals surface area (Å²) >= 11 is 6.48. The van der Waals surface area contributed by atoms with Gasteiger partial charge in [-0.25, -0.2) is 0 Å². The summed E-state index contributed by atoms with van der Waals surface area (Å²) in [7, 11) is 0. The molecule has 56 valence electrons. The molecule has 0 saturated carbocycles. The highest BCUT2D eigenvalue weighted by Crippen LogP contribution is 2.50. The first-order valence-electron chi connectivity index (χ1n) is 3.57. The van der Waals surface area contributed by atoms with E-state index in [1.165, 1.54) is 17.3 Å². The summed E-state index contributed by atoms with van der Waals surface area (Å²) in [4.78, 5) is 2.72.